The summed E-state index contributed by atoms with van der Waals surface area (Å²) in [5.41, 5.74) is 1.95. The number of aliphatic carboxylic acids is 1. The van der Waals surface area contributed by atoms with E-state index in [4.69, 9.17) is 14.6 Å². The van der Waals surface area contributed by atoms with Crippen LogP contribution in [0.25, 0.3) is 0 Å². The Hall–Kier alpha value is -2.73. The molecule has 0 unspecified atom stereocenters. The van der Waals surface area contributed by atoms with Crippen LogP contribution >= 0.6 is 0 Å². The van der Waals surface area contributed by atoms with Crippen molar-refractivity contribution in [1.82, 2.24) is 4.90 Å². The first-order valence-corrected chi connectivity index (χ1v) is 9.19. The van der Waals surface area contributed by atoms with E-state index < -0.39 is 5.97 Å². The summed E-state index contributed by atoms with van der Waals surface area (Å²) in [6.07, 6.45) is 0.0173. The highest BCUT2D eigenvalue weighted by atomic mass is 16.5. The zero-order valence-corrected chi connectivity index (χ0v) is 15.6. The van der Waals surface area contributed by atoms with Gasteiger partial charge in [-0.15, -0.1) is 0 Å². The fraction of sp³-hybridized carbons (Fsp3) is 0.381. The number of carbonyl (C=O) groups is 1. The summed E-state index contributed by atoms with van der Waals surface area (Å²) in [6, 6.07) is 15.5. The number of methoxy groups -OCH3 is 1. The standard InChI is InChI=1S/C21H26N2O4/c1-26-19-6-3-5-18(16-19)23-10-8-22(9-11-23)12-13-27-20-7-2-4-17(14-20)15-21(24)25/h2-7,14,16H,8-13,15H2,1H3,(H,24,25). The normalized spacial score (nSPS) is 14.8. The molecule has 0 bridgehead atoms. The van der Waals surface area contributed by atoms with Gasteiger partial charge in [-0.05, 0) is 29.8 Å². The highest BCUT2D eigenvalue weighted by Gasteiger charge is 2.17. The van der Waals surface area contributed by atoms with E-state index in [0.29, 0.717) is 6.61 Å². The molecule has 1 N–H and O–H groups in total. The Kier molecular flexibility index (Phi) is 6.54. The molecule has 1 fully saturated rings. The van der Waals surface area contributed by atoms with Crippen LogP contribution in [0.5, 0.6) is 11.5 Å². The van der Waals surface area contributed by atoms with Crippen LogP contribution in [0.4, 0.5) is 5.69 Å². The maximum Gasteiger partial charge on any atom is 0.307 e. The molecule has 0 aromatic heterocycles. The van der Waals surface area contributed by atoms with Crippen LogP contribution in [0.15, 0.2) is 48.5 Å². The third-order valence-corrected chi connectivity index (χ3v) is 4.72. The van der Waals surface area contributed by atoms with Crippen LogP contribution in [-0.2, 0) is 11.2 Å². The summed E-state index contributed by atoms with van der Waals surface area (Å²) >= 11 is 0. The average molecular weight is 370 g/mol. The summed E-state index contributed by atoms with van der Waals surface area (Å²) in [5.74, 6) is 0.776. The summed E-state index contributed by atoms with van der Waals surface area (Å²) in [7, 11) is 1.69. The predicted molar refractivity (Wildman–Crippen MR) is 105 cm³/mol. The van der Waals surface area contributed by atoms with Crippen LogP contribution in [0.1, 0.15) is 5.56 Å². The molecule has 1 heterocycles. The maximum absolute atomic E-state index is 10.8. The molecular weight excluding hydrogens is 344 g/mol. The van der Waals surface area contributed by atoms with Gasteiger partial charge < -0.3 is 19.5 Å². The first kappa shape index (κ1) is 19.0. The summed E-state index contributed by atoms with van der Waals surface area (Å²) in [4.78, 5) is 15.6. The lowest BCUT2D eigenvalue weighted by molar-refractivity contribution is -0.136. The zero-order valence-electron chi connectivity index (χ0n) is 15.6. The minimum atomic E-state index is -0.832. The largest absolute Gasteiger partial charge is 0.497 e. The Labute approximate surface area is 159 Å². The average Bonchev–Trinajstić information content (AvgIpc) is 2.68. The Morgan fingerprint density at radius 2 is 1.78 bits per heavy atom. The number of anilines is 1. The number of piperazine rings is 1. The molecule has 6 heteroatoms. The number of rotatable bonds is 8. The molecule has 144 valence electrons. The molecule has 6 nitrogen and oxygen atoms in total. The molecule has 1 saturated heterocycles. The second kappa shape index (κ2) is 9.28. The van der Waals surface area contributed by atoms with Crippen molar-refractivity contribution < 1.29 is 19.4 Å². The molecule has 0 spiro atoms. The molecular formula is C21H26N2O4. The lowest BCUT2D eigenvalue weighted by atomic mass is 10.1. The number of carboxylic acids is 1. The lowest BCUT2D eigenvalue weighted by Gasteiger charge is -2.36. The quantitative estimate of drug-likeness (QED) is 0.770. The molecule has 0 aliphatic carbocycles. The number of benzene rings is 2. The summed E-state index contributed by atoms with van der Waals surface area (Å²) < 4.78 is 11.1. The van der Waals surface area contributed by atoms with Gasteiger partial charge in [0.1, 0.15) is 18.1 Å². The molecule has 1 aliphatic heterocycles. The van der Waals surface area contributed by atoms with Gasteiger partial charge in [-0.1, -0.05) is 18.2 Å². The molecule has 3 rings (SSSR count). The van der Waals surface area contributed by atoms with Gasteiger partial charge in [0.25, 0.3) is 0 Å². The first-order valence-electron chi connectivity index (χ1n) is 9.19. The number of carboxylic acid groups (broad SMARTS) is 1. The van der Waals surface area contributed by atoms with Gasteiger partial charge >= 0.3 is 5.97 Å². The van der Waals surface area contributed by atoms with E-state index >= 15 is 0 Å². The number of ether oxygens (including phenoxy) is 2. The van der Waals surface area contributed by atoms with E-state index in [1.807, 2.05) is 24.3 Å². The van der Waals surface area contributed by atoms with Crippen LogP contribution in [0, 0.1) is 0 Å². The molecule has 0 radical (unpaired) electrons. The van der Waals surface area contributed by atoms with Crippen LogP contribution in [0.3, 0.4) is 0 Å². The van der Waals surface area contributed by atoms with Crippen molar-refractivity contribution >= 4 is 11.7 Å². The van der Waals surface area contributed by atoms with E-state index in [9.17, 15) is 4.79 Å². The number of hydrogen-bond acceptors (Lipinski definition) is 5. The summed E-state index contributed by atoms with van der Waals surface area (Å²) in [6.45, 7) is 5.37. The zero-order chi connectivity index (χ0) is 19.1. The van der Waals surface area contributed by atoms with Gasteiger partial charge in [0.2, 0.25) is 0 Å². The Balaban J connectivity index is 1.42. The fourth-order valence-electron chi connectivity index (χ4n) is 3.25. The second-order valence-corrected chi connectivity index (χ2v) is 6.60. The molecule has 2 aromatic rings. The van der Waals surface area contributed by atoms with E-state index in [1.54, 1.807) is 19.2 Å². The highest BCUT2D eigenvalue weighted by molar-refractivity contribution is 5.70. The number of nitrogens with zero attached hydrogens (tertiary/aromatic N) is 2. The van der Waals surface area contributed by atoms with Crippen molar-refractivity contribution in [2.45, 2.75) is 6.42 Å². The SMILES string of the molecule is COc1cccc(N2CCN(CCOc3cccc(CC(=O)O)c3)CC2)c1. The van der Waals surface area contributed by atoms with Crippen molar-refractivity contribution in [3.63, 3.8) is 0 Å². The van der Waals surface area contributed by atoms with E-state index in [0.717, 1.165) is 49.8 Å². The smallest absolute Gasteiger partial charge is 0.307 e. The Morgan fingerprint density at radius 1 is 1.04 bits per heavy atom. The molecule has 1 aliphatic rings. The monoisotopic (exact) mass is 370 g/mol. The third-order valence-electron chi connectivity index (χ3n) is 4.72. The van der Waals surface area contributed by atoms with Crippen LogP contribution < -0.4 is 14.4 Å². The van der Waals surface area contributed by atoms with Gasteiger partial charge in [-0.2, -0.15) is 0 Å². The van der Waals surface area contributed by atoms with Crippen molar-refractivity contribution in [2.24, 2.45) is 0 Å². The highest BCUT2D eigenvalue weighted by Crippen LogP contribution is 2.22. The molecule has 27 heavy (non-hydrogen) atoms. The van der Waals surface area contributed by atoms with Crippen molar-refractivity contribution in [1.29, 1.82) is 0 Å². The van der Waals surface area contributed by atoms with Gasteiger partial charge in [0.15, 0.2) is 0 Å². The minimum absolute atomic E-state index is 0.0173. The Bertz CT molecular complexity index is 757. The second-order valence-electron chi connectivity index (χ2n) is 6.60. The molecule has 0 atom stereocenters. The van der Waals surface area contributed by atoms with E-state index in [-0.39, 0.29) is 6.42 Å². The third kappa shape index (κ3) is 5.62. The van der Waals surface area contributed by atoms with Gasteiger partial charge in [0, 0.05) is 44.5 Å². The topological polar surface area (TPSA) is 62.2 Å². The number of hydrogen-bond donors (Lipinski definition) is 1. The maximum atomic E-state index is 10.8. The van der Waals surface area contributed by atoms with Crippen molar-refractivity contribution in [2.75, 3.05) is 51.3 Å². The van der Waals surface area contributed by atoms with E-state index in [1.165, 1.54) is 5.69 Å². The van der Waals surface area contributed by atoms with Gasteiger partial charge in [0.05, 0.1) is 13.5 Å². The fourth-order valence-corrected chi connectivity index (χ4v) is 3.25. The summed E-state index contributed by atoms with van der Waals surface area (Å²) in [5, 5.41) is 8.88. The van der Waals surface area contributed by atoms with Crippen LogP contribution in [0.2, 0.25) is 0 Å². The predicted octanol–water partition coefficient (Wildman–Crippen LogP) is 2.52. The Morgan fingerprint density at radius 3 is 2.52 bits per heavy atom. The molecule has 0 amide bonds. The van der Waals surface area contributed by atoms with Crippen LogP contribution in [-0.4, -0.2) is 62.4 Å². The van der Waals surface area contributed by atoms with E-state index in [2.05, 4.69) is 21.9 Å². The molecule has 2 aromatic carbocycles. The lowest BCUT2D eigenvalue weighted by Crippen LogP contribution is -2.47. The van der Waals surface area contributed by atoms with Gasteiger partial charge in [-0.3, -0.25) is 9.69 Å². The van der Waals surface area contributed by atoms with Crippen molar-refractivity contribution in [3.05, 3.63) is 54.1 Å². The van der Waals surface area contributed by atoms with Crippen molar-refractivity contribution in [3.8, 4) is 11.5 Å². The van der Waals surface area contributed by atoms with Gasteiger partial charge in [-0.25, -0.2) is 0 Å². The molecule has 0 saturated carbocycles. The first-order chi connectivity index (χ1) is 13.1. The minimum Gasteiger partial charge on any atom is -0.497 e.